The van der Waals surface area contributed by atoms with Gasteiger partial charge in [-0.15, -0.1) is 0 Å². The van der Waals surface area contributed by atoms with Gasteiger partial charge in [-0.3, -0.25) is 4.79 Å². The van der Waals surface area contributed by atoms with Gasteiger partial charge in [-0.25, -0.2) is 0 Å². The Kier molecular flexibility index (Phi) is 2.05. The third kappa shape index (κ3) is 1.22. The minimum Gasteiger partial charge on any atom is -0.395 e. The average Bonchev–Trinajstić information content (AvgIpc) is 2.56. The summed E-state index contributed by atoms with van der Waals surface area (Å²) < 4.78 is 0. The van der Waals surface area contributed by atoms with E-state index in [2.05, 4.69) is 5.32 Å². The van der Waals surface area contributed by atoms with Crippen LogP contribution < -0.4 is 5.32 Å². The summed E-state index contributed by atoms with van der Waals surface area (Å²) in [5, 5.41) is 11.2. The summed E-state index contributed by atoms with van der Waals surface area (Å²) in [5.41, 5.74) is 0. The molecule has 68 valence electrons. The molecule has 0 aromatic rings. The van der Waals surface area contributed by atoms with Crippen LogP contribution in [-0.2, 0) is 4.79 Å². The molecule has 3 nitrogen and oxygen atoms in total. The Balaban J connectivity index is 1.76. The molecule has 0 aliphatic heterocycles. The van der Waals surface area contributed by atoms with Gasteiger partial charge < -0.3 is 10.4 Å². The average molecular weight is 169 g/mol. The summed E-state index contributed by atoms with van der Waals surface area (Å²) in [4.78, 5) is 11.4. The van der Waals surface area contributed by atoms with Crippen LogP contribution in [0.4, 0.5) is 0 Å². The lowest BCUT2D eigenvalue weighted by Crippen LogP contribution is -2.29. The Morgan fingerprint density at radius 2 is 2.08 bits per heavy atom. The van der Waals surface area contributed by atoms with Crippen LogP contribution in [0.1, 0.15) is 19.3 Å². The SMILES string of the molecule is O=C(NCCO)C1C2CCCC21. The van der Waals surface area contributed by atoms with Gasteiger partial charge in [-0.2, -0.15) is 0 Å². The number of nitrogens with one attached hydrogen (secondary N) is 1. The van der Waals surface area contributed by atoms with Crippen molar-refractivity contribution >= 4 is 5.91 Å². The zero-order chi connectivity index (χ0) is 8.55. The molecule has 2 saturated carbocycles. The van der Waals surface area contributed by atoms with E-state index >= 15 is 0 Å². The minimum absolute atomic E-state index is 0.0494. The Morgan fingerprint density at radius 1 is 1.42 bits per heavy atom. The molecule has 0 spiro atoms. The predicted molar refractivity (Wildman–Crippen MR) is 44.4 cm³/mol. The normalized spacial score (nSPS) is 37.6. The van der Waals surface area contributed by atoms with Gasteiger partial charge in [0.05, 0.1) is 6.61 Å². The smallest absolute Gasteiger partial charge is 0.223 e. The van der Waals surface area contributed by atoms with Crippen LogP contribution in [-0.4, -0.2) is 24.2 Å². The van der Waals surface area contributed by atoms with E-state index in [0.29, 0.717) is 24.3 Å². The standard InChI is InChI=1S/C9H15NO2/c11-5-4-10-9(12)8-6-2-1-3-7(6)8/h6-8,11H,1-5H2,(H,10,12). The Labute approximate surface area is 72.2 Å². The highest BCUT2D eigenvalue weighted by Crippen LogP contribution is 2.57. The van der Waals surface area contributed by atoms with Crippen molar-refractivity contribution in [3.05, 3.63) is 0 Å². The number of amides is 1. The van der Waals surface area contributed by atoms with Crippen molar-refractivity contribution in [2.45, 2.75) is 19.3 Å². The molecular weight excluding hydrogens is 154 g/mol. The number of carbonyl (C=O) groups excluding carboxylic acids is 1. The number of hydrogen-bond acceptors (Lipinski definition) is 2. The van der Waals surface area contributed by atoms with Crippen molar-refractivity contribution in [1.29, 1.82) is 0 Å². The van der Waals surface area contributed by atoms with E-state index in [1.165, 1.54) is 19.3 Å². The monoisotopic (exact) mass is 169 g/mol. The quantitative estimate of drug-likeness (QED) is 0.631. The molecule has 2 rings (SSSR count). The van der Waals surface area contributed by atoms with Crippen LogP contribution in [0, 0.1) is 17.8 Å². The summed E-state index contributed by atoms with van der Waals surface area (Å²) in [7, 11) is 0. The van der Waals surface area contributed by atoms with Crippen molar-refractivity contribution in [1.82, 2.24) is 5.32 Å². The van der Waals surface area contributed by atoms with Crippen LogP contribution in [0.25, 0.3) is 0 Å². The lowest BCUT2D eigenvalue weighted by molar-refractivity contribution is -0.123. The third-order valence-electron chi connectivity index (χ3n) is 3.12. The molecule has 0 saturated heterocycles. The van der Waals surface area contributed by atoms with Crippen LogP contribution in [0.3, 0.4) is 0 Å². The summed E-state index contributed by atoms with van der Waals surface area (Å²) in [6.07, 6.45) is 3.78. The van der Waals surface area contributed by atoms with Gasteiger partial charge in [-0.05, 0) is 24.7 Å². The minimum atomic E-state index is 0.0494. The molecule has 2 N–H and O–H groups in total. The van der Waals surface area contributed by atoms with Crippen molar-refractivity contribution < 1.29 is 9.90 Å². The second kappa shape index (κ2) is 3.05. The van der Waals surface area contributed by atoms with Gasteiger partial charge in [-0.1, -0.05) is 6.42 Å². The molecule has 0 aromatic heterocycles. The highest BCUT2D eigenvalue weighted by atomic mass is 16.3. The fraction of sp³-hybridized carbons (Fsp3) is 0.889. The lowest BCUT2D eigenvalue weighted by atomic mass is 10.1. The van der Waals surface area contributed by atoms with Crippen molar-refractivity contribution in [2.75, 3.05) is 13.2 Å². The first-order chi connectivity index (χ1) is 5.84. The maximum atomic E-state index is 11.4. The number of carbonyl (C=O) groups is 1. The van der Waals surface area contributed by atoms with E-state index in [9.17, 15) is 4.79 Å². The lowest BCUT2D eigenvalue weighted by Gasteiger charge is -2.03. The van der Waals surface area contributed by atoms with E-state index < -0.39 is 0 Å². The van der Waals surface area contributed by atoms with E-state index in [-0.39, 0.29) is 12.5 Å². The van der Waals surface area contributed by atoms with Crippen LogP contribution >= 0.6 is 0 Å². The molecule has 12 heavy (non-hydrogen) atoms. The molecule has 2 aliphatic rings. The van der Waals surface area contributed by atoms with Gasteiger partial charge in [0, 0.05) is 12.5 Å². The fourth-order valence-corrected chi connectivity index (χ4v) is 2.51. The first-order valence-corrected chi connectivity index (χ1v) is 4.73. The maximum Gasteiger partial charge on any atom is 0.223 e. The molecule has 2 atom stereocenters. The first kappa shape index (κ1) is 8.05. The second-order valence-electron chi connectivity index (χ2n) is 3.80. The molecule has 2 unspecified atom stereocenters. The highest BCUT2D eigenvalue weighted by molar-refractivity contribution is 5.82. The van der Waals surface area contributed by atoms with Gasteiger partial charge >= 0.3 is 0 Å². The highest BCUT2D eigenvalue weighted by Gasteiger charge is 2.56. The van der Waals surface area contributed by atoms with Crippen molar-refractivity contribution in [2.24, 2.45) is 17.8 Å². The van der Waals surface area contributed by atoms with Crippen molar-refractivity contribution in [3.8, 4) is 0 Å². The molecule has 0 heterocycles. The first-order valence-electron chi connectivity index (χ1n) is 4.73. The van der Waals surface area contributed by atoms with E-state index in [1.54, 1.807) is 0 Å². The number of fused-ring (bicyclic) bond motifs is 1. The third-order valence-corrected chi connectivity index (χ3v) is 3.12. The van der Waals surface area contributed by atoms with Crippen molar-refractivity contribution in [3.63, 3.8) is 0 Å². The zero-order valence-corrected chi connectivity index (χ0v) is 7.12. The molecule has 0 bridgehead atoms. The Hall–Kier alpha value is -0.570. The van der Waals surface area contributed by atoms with E-state index in [1.807, 2.05) is 0 Å². The summed E-state index contributed by atoms with van der Waals surface area (Å²) in [6, 6.07) is 0. The van der Waals surface area contributed by atoms with Crippen LogP contribution in [0.2, 0.25) is 0 Å². The Morgan fingerprint density at radius 3 is 2.67 bits per heavy atom. The predicted octanol–water partition coefficient (Wildman–Crippen LogP) is 0.141. The van der Waals surface area contributed by atoms with E-state index in [4.69, 9.17) is 5.11 Å². The largest absolute Gasteiger partial charge is 0.395 e. The number of hydrogen-bond donors (Lipinski definition) is 2. The summed E-state index contributed by atoms with van der Waals surface area (Å²) in [6.45, 7) is 0.461. The molecule has 1 amide bonds. The zero-order valence-electron chi connectivity index (χ0n) is 7.12. The molecule has 0 aromatic carbocycles. The second-order valence-corrected chi connectivity index (χ2v) is 3.80. The number of rotatable bonds is 3. The van der Waals surface area contributed by atoms with Crippen LogP contribution in [0.15, 0.2) is 0 Å². The number of aliphatic hydroxyl groups excluding tert-OH is 1. The molecular formula is C9H15NO2. The summed E-state index contributed by atoms with van der Waals surface area (Å²) >= 11 is 0. The molecule has 2 fully saturated rings. The molecule has 0 radical (unpaired) electrons. The summed E-state index contributed by atoms with van der Waals surface area (Å²) in [5.74, 6) is 1.83. The topological polar surface area (TPSA) is 49.3 Å². The van der Waals surface area contributed by atoms with Gasteiger partial charge in [0.25, 0.3) is 0 Å². The molecule has 3 heteroatoms. The van der Waals surface area contributed by atoms with E-state index in [0.717, 1.165) is 0 Å². The molecule has 2 aliphatic carbocycles. The van der Waals surface area contributed by atoms with Gasteiger partial charge in [0.15, 0.2) is 0 Å². The van der Waals surface area contributed by atoms with Gasteiger partial charge in [0.2, 0.25) is 5.91 Å². The number of aliphatic hydroxyl groups is 1. The Bertz CT molecular complexity index is 183. The fourth-order valence-electron chi connectivity index (χ4n) is 2.51. The van der Waals surface area contributed by atoms with Crippen LogP contribution in [0.5, 0.6) is 0 Å². The van der Waals surface area contributed by atoms with Gasteiger partial charge in [0.1, 0.15) is 0 Å². The maximum absolute atomic E-state index is 11.4.